The first-order valence-electron chi connectivity index (χ1n) is 6.61. The number of ether oxygens (including phenoxy) is 1. The average molecular weight is 264 g/mol. The van der Waals surface area contributed by atoms with Crippen LogP contribution in [0.15, 0.2) is 60.8 Å². The summed E-state index contributed by atoms with van der Waals surface area (Å²) in [5, 5.41) is 2.25. The van der Waals surface area contributed by atoms with E-state index < -0.39 is 0 Å². The van der Waals surface area contributed by atoms with Crippen LogP contribution in [-0.4, -0.2) is 4.98 Å². The van der Waals surface area contributed by atoms with Crippen LogP contribution in [0, 0.1) is 0 Å². The number of aromatic nitrogens is 1. The molecule has 0 saturated heterocycles. The molecule has 20 heavy (non-hydrogen) atoms. The highest BCUT2D eigenvalue weighted by atomic mass is 16.5. The number of hydrogen-bond donors (Lipinski definition) is 1. The maximum Gasteiger partial charge on any atom is 0.145 e. The Bertz CT molecular complexity index is 715. The number of pyridine rings is 1. The number of nitrogens with zero attached hydrogens (tertiary/aromatic N) is 1. The molecular formula is C17H16N2O. The van der Waals surface area contributed by atoms with Crippen LogP contribution in [-0.2, 0) is 0 Å². The van der Waals surface area contributed by atoms with Crippen LogP contribution in [0.5, 0.6) is 11.5 Å². The van der Waals surface area contributed by atoms with E-state index in [0.29, 0.717) is 5.75 Å². The lowest BCUT2D eigenvalue weighted by atomic mass is 10.1. The predicted octanol–water partition coefficient (Wildman–Crippen LogP) is 4.05. The normalized spacial score (nSPS) is 12.3. The quantitative estimate of drug-likeness (QED) is 0.776. The standard InChI is InChI=1S/C17H16N2O/c1-12(18)16-10-9-14(11-19-16)20-17-8-4-6-13-5-2-3-7-15(13)17/h2-12H,18H2,1H3. The van der Waals surface area contributed by atoms with Crippen molar-refractivity contribution in [1.29, 1.82) is 0 Å². The molecule has 3 heteroatoms. The van der Waals surface area contributed by atoms with Crippen molar-refractivity contribution in [2.24, 2.45) is 5.73 Å². The second kappa shape index (κ2) is 5.31. The number of nitrogens with two attached hydrogens (primary N) is 1. The van der Waals surface area contributed by atoms with Crippen LogP contribution in [0.1, 0.15) is 18.7 Å². The van der Waals surface area contributed by atoms with Crippen molar-refractivity contribution in [2.75, 3.05) is 0 Å². The van der Waals surface area contributed by atoms with E-state index in [9.17, 15) is 0 Å². The van der Waals surface area contributed by atoms with Gasteiger partial charge in [0.05, 0.1) is 11.9 Å². The zero-order chi connectivity index (χ0) is 13.9. The van der Waals surface area contributed by atoms with Gasteiger partial charge in [-0.05, 0) is 30.5 Å². The van der Waals surface area contributed by atoms with Gasteiger partial charge in [0, 0.05) is 11.4 Å². The van der Waals surface area contributed by atoms with Gasteiger partial charge in [0.2, 0.25) is 0 Å². The molecule has 2 aromatic carbocycles. The van der Waals surface area contributed by atoms with Gasteiger partial charge in [-0.3, -0.25) is 4.98 Å². The summed E-state index contributed by atoms with van der Waals surface area (Å²) in [6.45, 7) is 1.91. The van der Waals surface area contributed by atoms with Crippen LogP contribution in [0.25, 0.3) is 10.8 Å². The maximum atomic E-state index is 5.92. The third-order valence-corrected chi connectivity index (χ3v) is 3.20. The van der Waals surface area contributed by atoms with Gasteiger partial charge in [-0.2, -0.15) is 0 Å². The Balaban J connectivity index is 1.93. The first kappa shape index (κ1) is 12.6. The lowest BCUT2D eigenvalue weighted by Crippen LogP contribution is -2.06. The fraction of sp³-hybridized carbons (Fsp3) is 0.118. The van der Waals surface area contributed by atoms with E-state index in [1.807, 2.05) is 43.3 Å². The Kier molecular flexibility index (Phi) is 3.35. The second-order valence-corrected chi connectivity index (χ2v) is 4.79. The first-order valence-corrected chi connectivity index (χ1v) is 6.61. The largest absolute Gasteiger partial charge is 0.455 e. The van der Waals surface area contributed by atoms with Crippen LogP contribution in [0.3, 0.4) is 0 Å². The lowest BCUT2D eigenvalue weighted by molar-refractivity contribution is 0.485. The van der Waals surface area contributed by atoms with Crippen molar-refractivity contribution in [3.8, 4) is 11.5 Å². The molecule has 1 unspecified atom stereocenters. The van der Waals surface area contributed by atoms with Gasteiger partial charge < -0.3 is 10.5 Å². The molecule has 3 nitrogen and oxygen atoms in total. The molecule has 0 fully saturated rings. The molecule has 0 radical (unpaired) electrons. The molecule has 2 N–H and O–H groups in total. The highest BCUT2D eigenvalue weighted by Gasteiger charge is 2.05. The van der Waals surface area contributed by atoms with Crippen molar-refractivity contribution in [3.05, 3.63) is 66.5 Å². The van der Waals surface area contributed by atoms with E-state index in [0.717, 1.165) is 22.2 Å². The Morgan fingerprint density at radius 1 is 1.00 bits per heavy atom. The number of hydrogen-bond acceptors (Lipinski definition) is 3. The summed E-state index contributed by atoms with van der Waals surface area (Å²) in [5.41, 5.74) is 6.64. The summed E-state index contributed by atoms with van der Waals surface area (Å²) >= 11 is 0. The van der Waals surface area contributed by atoms with E-state index in [4.69, 9.17) is 10.5 Å². The van der Waals surface area contributed by atoms with Gasteiger partial charge >= 0.3 is 0 Å². The summed E-state index contributed by atoms with van der Waals surface area (Å²) in [4.78, 5) is 4.30. The molecule has 0 saturated carbocycles. The minimum atomic E-state index is -0.0680. The van der Waals surface area contributed by atoms with E-state index in [-0.39, 0.29) is 6.04 Å². The third kappa shape index (κ3) is 2.49. The van der Waals surface area contributed by atoms with Crippen LogP contribution >= 0.6 is 0 Å². The Hall–Kier alpha value is -2.39. The van der Waals surface area contributed by atoms with E-state index >= 15 is 0 Å². The summed E-state index contributed by atoms with van der Waals surface area (Å²) in [6, 6.07) is 17.9. The molecule has 3 aromatic rings. The highest BCUT2D eigenvalue weighted by molar-refractivity contribution is 5.88. The van der Waals surface area contributed by atoms with E-state index in [1.54, 1.807) is 6.20 Å². The monoisotopic (exact) mass is 264 g/mol. The van der Waals surface area contributed by atoms with Gasteiger partial charge in [-0.15, -0.1) is 0 Å². The summed E-state index contributed by atoms with van der Waals surface area (Å²) < 4.78 is 5.92. The van der Waals surface area contributed by atoms with Crippen molar-refractivity contribution in [1.82, 2.24) is 4.98 Å². The van der Waals surface area contributed by atoms with E-state index in [1.165, 1.54) is 0 Å². The molecule has 0 aliphatic heterocycles. The Morgan fingerprint density at radius 3 is 2.55 bits per heavy atom. The predicted molar refractivity (Wildman–Crippen MR) is 80.9 cm³/mol. The van der Waals surface area contributed by atoms with Crippen molar-refractivity contribution >= 4 is 10.8 Å². The zero-order valence-corrected chi connectivity index (χ0v) is 11.3. The minimum Gasteiger partial charge on any atom is -0.455 e. The minimum absolute atomic E-state index is 0.0680. The van der Waals surface area contributed by atoms with Gasteiger partial charge in [0.15, 0.2) is 0 Å². The molecule has 0 spiro atoms. The van der Waals surface area contributed by atoms with Crippen molar-refractivity contribution < 1.29 is 4.74 Å². The molecule has 100 valence electrons. The topological polar surface area (TPSA) is 48.1 Å². The molecule has 0 aliphatic carbocycles. The van der Waals surface area contributed by atoms with Gasteiger partial charge in [0.25, 0.3) is 0 Å². The molecule has 0 amide bonds. The fourth-order valence-corrected chi connectivity index (χ4v) is 2.13. The summed E-state index contributed by atoms with van der Waals surface area (Å²) in [5.74, 6) is 1.55. The van der Waals surface area contributed by atoms with Crippen LogP contribution < -0.4 is 10.5 Å². The summed E-state index contributed by atoms with van der Waals surface area (Å²) in [6.07, 6.45) is 1.71. The number of rotatable bonds is 3. The molecule has 0 aliphatic rings. The average Bonchev–Trinajstić information content (AvgIpc) is 2.48. The Labute approximate surface area is 118 Å². The fourth-order valence-electron chi connectivity index (χ4n) is 2.13. The SMILES string of the molecule is CC(N)c1ccc(Oc2cccc3ccccc23)cn1. The first-order chi connectivity index (χ1) is 9.74. The van der Waals surface area contributed by atoms with Crippen molar-refractivity contribution in [3.63, 3.8) is 0 Å². The highest BCUT2D eigenvalue weighted by Crippen LogP contribution is 2.29. The second-order valence-electron chi connectivity index (χ2n) is 4.79. The van der Waals surface area contributed by atoms with Crippen molar-refractivity contribution in [2.45, 2.75) is 13.0 Å². The maximum absolute atomic E-state index is 5.92. The molecule has 1 aromatic heterocycles. The molecule has 0 bridgehead atoms. The molecular weight excluding hydrogens is 248 g/mol. The molecule has 1 heterocycles. The van der Waals surface area contributed by atoms with Gasteiger partial charge in [-0.1, -0.05) is 36.4 Å². The number of benzene rings is 2. The third-order valence-electron chi connectivity index (χ3n) is 3.20. The van der Waals surface area contributed by atoms with Gasteiger partial charge in [0.1, 0.15) is 11.5 Å². The molecule has 3 rings (SSSR count). The summed E-state index contributed by atoms with van der Waals surface area (Å²) in [7, 11) is 0. The lowest BCUT2D eigenvalue weighted by Gasteiger charge is -2.10. The van der Waals surface area contributed by atoms with E-state index in [2.05, 4.69) is 23.2 Å². The number of fused-ring (bicyclic) bond motifs is 1. The van der Waals surface area contributed by atoms with Crippen LogP contribution in [0.4, 0.5) is 0 Å². The Morgan fingerprint density at radius 2 is 1.80 bits per heavy atom. The zero-order valence-electron chi connectivity index (χ0n) is 11.3. The smallest absolute Gasteiger partial charge is 0.145 e. The van der Waals surface area contributed by atoms with Crippen LogP contribution in [0.2, 0.25) is 0 Å². The van der Waals surface area contributed by atoms with Gasteiger partial charge in [-0.25, -0.2) is 0 Å². The molecule has 1 atom stereocenters.